The van der Waals surface area contributed by atoms with Crippen molar-refractivity contribution in [3.63, 3.8) is 0 Å². The summed E-state index contributed by atoms with van der Waals surface area (Å²) in [6, 6.07) is 14.1. The molecule has 1 fully saturated rings. The zero-order chi connectivity index (χ0) is 17.8. The molecule has 1 heterocycles. The van der Waals surface area contributed by atoms with Gasteiger partial charge in [0, 0.05) is 13.0 Å². The Morgan fingerprint density at radius 2 is 1.84 bits per heavy atom. The Hall–Kier alpha value is -2.53. The molecule has 2 aromatic rings. The standard InChI is InChI=1S/C19H18ClNO4/c1-2-24-17-10-6-4-8-15(17)21-12-13(11-18(21)22)19(23)25-16-9-5-3-7-14(16)20/h3-10,13H,2,11-12H2,1H3. The lowest BCUT2D eigenvalue weighted by molar-refractivity contribution is -0.139. The van der Waals surface area contributed by atoms with Crippen LogP contribution in [0, 0.1) is 5.92 Å². The van der Waals surface area contributed by atoms with Crippen molar-refractivity contribution < 1.29 is 19.1 Å². The van der Waals surface area contributed by atoms with Gasteiger partial charge in [0.2, 0.25) is 5.91 Å². The molecular formula is C19H18ClNO4. The number of carbonyl (C=O) groups excluding carboxylic acids is 2. The molecule has 1 atom stereocenters. The molecule has 25 heavy (non-hydrogen) atoms. The van der Waals surface area contributed by atoms with E-state index in [1.165, 1.54) is 0 Å². The average molecular weight is 360 g/mol. The predicted octanol–water partition coefficient (Wildman–Crippen LogP) is 3.70. The van der Waals surface area contributed by atoms with E-state index in [2.05, 4.69) is 0 Å². The molecule has 6 heteroatoms. The first kappa shape index (κ1) is 17.3. The van der Waals surface area contributed by atoms with Gasteiger partial charge in [-0.25, -0.2) is 0 Å². The second-order valence-electron chi connectivity index (χ2n) is 5.66. The van der Waals surface area contributed by atoms with Crippen LogP contribution in [0.3, 0.4) is 0 Å². The first-order valence-corrected chi connectivity index (χ1v) is 8.46. The van der Waals surface area contributed by atoms with Crippen LogP contribution in [0.25, 0.3) is 0 Å². The van der Waals surface area contributed by atoms with E-state index in [0.29, 0.717) is 28.8 Å². The Morgan fingerprint density at radius 3 is 2.56 bits per heavy atom. The van der Waals surface area contributed by atoms with Crippen LogP contribution >= 0.6 is 11.6 Å². The maximum atomic E-state index is 12.4. The Balaban J connectivity index is 1.74. The highest BCUT2D eigenvalue weighted by Gasteiger charge is 2.37. The van der Waals surface area contributed by atoms with Gasteiger partial charge in [0.1, 0.15) is 11.5 Å². The average Bonchev–Trinajstić information content (AvgIpc) is 2.99. The van der Waals surface area contributed by atoms with Gasteiger partial charge in [-0.1, -0.05) is 35.9 Å². The highest BCUT2D eigenvalue weighted by atomic mass is 35.5. The van der Waals surface area contributed by atoms with E-state index in [0.717, 1.165) is 0 Å². The Morgan fingerprint density at radius 1 is 1.16 bits per heavy atom. The number of anilines is 1. The molecule has 0 bridgehead atoms. The second-order valence-corrected chi connectivity index (χ2v) is 6.06. The molecule has 1 amide bonds. The zero-order valence-corrected chi connectivity index (χ0v) is 14.5. The number of hydrogen-bond donors (Lipinski definition) is 0. The second kappa shape index (κ2) is 7.57. The third-order valence-corrected chi connectivity index (χ3v) is 4.27. The molecule has 0 spiro atoms. The zero-order valence-electron chi connectivity index (χ0n) is 13.8. The number of amides is 1. The third kappa shape index (κ3) is 3.77. The van der Waals surface area contributed by atoms with Crippen molar-refractivity contribution in [2.45, 2.75) is 13.3 Å². The van der Waals surface area contributed by atoms with Crippen molar-refractivity contribution in [3.05, 3.63) is 53.6 Å². The minimum atomic E-state index is -0.543. The first-order chi connectivity index (χ1) is 12.1. The summed E-state index contributed by atoms with van der Waals surface area (Å²) >= 11 is 6.01. The Kier molecular flexibility index (Phi) is 5.24. The van der Waals surface area contributed by atoms with Crippen molar-refractivity contribution in [1.29, 1.82) is 0 Å². The summed E-state index contributed by atoms with van der Waals surface area (Å²) in [5.41, 5.74) is 0.669. The van der Waals surface area contributed by atoms with Crippen LogP contribution in [0.4, 0.5) is 5.69 Å². The summed E-state index contributed by atoms with van der Waals surface area (Å²) in [7, 11) is 0. The molecule has 1 unspecified atom stereocenters. The number of hydrogen-bond acceptors (Lipinski definition) is 4. The minimum absolute atomic E-state index is 0.101. The van der Waals surface area contributed by atoms with Crippen molar-refractivity contribution in [2.24, 2.45) is 5.92 Å². The van der Waals surface area contributed by atoms with Gasteiger partial charge in [-0.05, 0) is 31.2 Å². The van der Waals surface area contributed by atoms with E-state index in [9.17, 15) is 9.59 Å². The number of para-hydroxylation sites is 3. The van der Waals surface area contributed by atoms with Crippen LogP contribution in [0.2, 0.25) is 5.02 Å². The lowest BCUT2D eigenvalue weighted by Crippen LogP contribution is -2.27. The monoisotopic (exact) mass is 359 g/mol. The molecule has 130 valence electrons. The number of halogens is 1. The highest BCUT2D eigenvalue weighted by Crippen LogP contribution is 2.34. The van der Waals surface area contributed by atoms with Gasteiger partial charge in [0.25, 0.3) is 0 Å². The van der Waals surface area contributed by atoms with E-state index in [1.807, 2.05) is 31.2 Å². The van der Waals surface area contributed by atoms with Gasteiger partial charge in [-0.15, -0.1) is 0 Å². The number of ether oxygens (including phenoxy) is 2. The fourth-order valence-corrected chi connectivity index (χ4v) is 2.95. The predicted molar refractivity (Wildman–Crippen MR) is 95.2 cm³/mol. The SMILES string of the molecule is CCOc1ccccc1N1CC(C(=O)Oc2ccccc2Cl)CC1=O. The minimum Gasteiger partial charge on any atom is -0.492 e. The lowest BCUT2D eigenvalue weighted by Gasteiger charge is -2.20. The summed E-state index contributed by atoms with van der Waals surface area (Å²) in [6.45, 7) is 2.63. The highest BCUT2D eigenvalue weighted by molar-refractivity contribution is 6.32. The quantitative estimate of drug-likeness (QED) is 0.603. The number of carbonyl (C=O) groups is 2. The topological polar surface area (TPSA) is 55.8 Å². The molecule has 1 aliphatic heterocycles. The lowest BCUT2D eigenvalue weighted by atomic mass is 10.1. The molecule has 0 aliphatic carbocycles. The van der Waals surface area contributed by atoms with Crippen molar-refractivity contribution in [1.82, 2.24) is 0 Å². The number of benzene rings is 2. The summed E-state index contributed by atoms with van der Waals surface area (Å²) in [5, 5.41) is 0.360. The maximum Gasteiger partial charge on any atom is 0.316 e. The molecule has 5 nitrogen and oxygen atoms in total. The number of nitrogens with zero attached hydrogens (tertiary/aromatic N) is 1. The largest absolute Gasteiger partial charge is 0.492 e. The summed E-state index contributed by atoms with van der Waals surface area (Å²) < 4.78 is 10.9. The van der Waals surface area contributed by atoms with Gasteiger partial charge in [-0.3, -0.25) is 9.59 Å². The van der Waals surface area contributed by atoms with Gasteiger partial charge < -0.3 is 14.4 Å². The molecule has 1 aliphatic rings. The molecule has 1 saturated heterocycles. The van der Waals surface area contributed by atoms with Crippen LogP contribution in [0.5, 0.6) is 11.5 Å². The Bertz CT molecular complexity index is 792. The van der Waals surface area contributed by atoms with Crippen LogP contribution in [-0.2, 0) is 9.59 Å². The normalized spacial score (nSPS) is 16.8. The van der Waals surface area contributed by atoms with Gasteiger partial charge in [0.05, 0.1) is 23.2 Å². The van der Waals surface area contributed by atoms with Crippen LogP contribution in [0.15, 0.2) is 48.5 Å². The van der Waals surface area contributed by atoms with Gasteiger partial charge in [-0.2, -0.15) is 0 Å². The summed E-state index contributed by atoms with van der Waals surface area (Å²) in [5.74, 6) is -0.210. The van der Waals surface area contributed by atoms with Crippen LogP contribution in [0.1, 0.15) is 13.3 Å². The van der Waals surface area contributed by atoms with Gasteiger partial charge >= 0.3 is 5.97 Å². The van der Waals surface area contributed by atoms with Crippen molar-refractivity contribution >= 4 is 29.2 Å². The fraction of sp³-hybridized carbons (Fsp3) is 0.263. The molecule has 3 rings (SSSR count). The fourth-order valence-electron chi connectivity index (χ4n) is 2.78. The number of esters is 1. The smallest absolute Gasteiger partial charge is 0.316 e. The molecule has 0 N–H and O–H groups in total. The van der Waals surface area contributed by atoms with Crippen LogP contribution < -0.4 is 14.4 Å². The van der Waals surface area contributed by atoms with E-state index < -0.39 is 11.9 Å². The van der Waals surface area contributed by atoms with E-state index >= 15 is 0 Å². The van der Waals surface area contributed by atoms with E-state index in [-0.39, 0.29) is 18.9 Å². The van der Waals surface area contributed by atoms with Crippen LogP contribution in [-0.4, -0.2) is 25.0 Å². The molecule has 0 radical (unpaired) electrons. The summed E-state index contributed by atoms with van der Waals surface area (Å²) in [6.07, 6.45) is 0.101. The molecule has 0 aromatic heterocycles. The summed E-state index contributed by atoms with van der Waals surface area (Å²) in [4.78, 5) is 26.4. The first-order valence-electron chi connectivity index (χ1n) is 8.08. The number of rotatable bonds is 5. The molecule has 0 saturated carbocycles. The molecular weight excluding hydrogens is 342 g/mol. The molecule has 2 aromatic carbocycles. The van der Waals surface area contributed by atoms with E-state index in [1.54, 1.807) is 29.2 Å². The Labute approximate surface area is 151 Å². The third-order valence-electron chi connectivity index (χ3n) is 3.96. The maximum absolute atomic E-state index is 12.4. The van der Waals surface area contributed by atoms with Crippen molar-refractivity contribution in [2.75, 3.05) is 18.1 Å². The van der Waals surface area contributed by atoms with Gasteiger partial charge in [0.15, 0.2) is 0 Å². The van der Waals surface area contributed by atoms with E-state index in [4.69, 9.17) is 21.1 Å². The van der Waals surface area contributed by atoms with Crippen molar-refractivity contribution in [3.8, 4) is 11.5 Å².